The zero-order valence-corrected chi connectivity index (χ0v) is 25.4. The summed E-state index contributed by atoms with van der Waals surface area (Å²) in [5.41, 5.74) is 1.23. The molecule has 13 heteroatoms. The topological polar surface area (TPSA) is 95.4 Å². The van der Waals surface area contributed by atoms with Crippen LogP contribution in [0.3, 0.4) is 0 Å². The van der Waals surface area contributed by atoms with Gasteiger partial charge in [-0.3, -0.25) is 14.9 Å². The first-order valence-corrected chi connectivity index (χ1v) is 15.0. The van der Waals surface area contributed by atoms with E-state index in [2.05, 4.69) is 16.0 Å². The lowest BCUT2D eigenvalue weighted by Crippen LogP contribution is -2.62. The molecule has 1 aromatic heterocycles. The number of alkyl halides is 3. The van der Waals surface area contributed by atoms with Gasteiger partial charge in [0.15, 0.2) is 0 Å². The summed E-state index contributed by atoms with van der Waals surface area (Å²) < 4.78 is 40.5. The van der Waals surface area contributed by atoms with Gasteiger partial charge in [-0.2, -0.15) is 13.2 Å². The maximum absolute atomic E-state index is 13.9. The first-order chi connectivity index (χ1) is 20.4. The van der Waals surface area contributed by atoms with Gasteiger partial charge in [-0.1, -0.05) is 34.8 Å². The number of aromatic nitrogens is 1. The highest BCUT2D eigenvalue weighted by molar-refractivity contribution is 6.36. The van der Waals surface area contributed by atoms with Crippen LogP contribution in [0.25, 0.3) is 16.9 Å². The summed E-state index contributed by atoms with van der Waals surface area (Å²) in [6.45, 7) is 0.305. The van der Waals surface area contributed by atoms with E-state index in [9.17, 15) is 27.9 Å². The van der Waals surface area contributed by atoms with Crippen molar-refractivity contribution in [2.45, 2.75) is 50.2 Å². The van der Waals surface area contributed by atoms with E-state index >= 15 is 0 Å². The number of amides is 2. The van der Waals surface area contributed by atoms with Gasteiger partial charge in [0.25, 0.3) is 5.91 Å². The van der Waals surface area contributed by atoms with Gasteiger partial charge in [0.2, 0.25) is 5.91 Å². The Morgan fingerprint density at radius 2 is 1.65 bits per heavy atom. The monoisotopic (exact) mass is 658 g/mol. The average Bonchev–Trinajstić information content (AvgIpc) is 3.32. The SMILES string of the molecule is O=C(NC(=O)C1(NCCC(F)(F)F)CCNCC1)c1cc(-c2ccc(Cl)cc2Cl)n(-c2ccc(Cl)cc2)c1CCCCO. The normalized spacial score (nSPS) is 15.0. The van der Waals surface area contributed by atoms with E-state index in [-0.39, 0.29) is 25.0 Å². The Morgan fingerprint density at radius 1 is 0.977 bits per heavy atom. The van der Waals surface area contributed by atoms with Crippen LogP contribution in [0.15, 0.2) is 48.5 Å². The highest BCUT2D eigenvalue weighted by atomic mass is 35.5. The van der Waals surface area contributed by atoms with Crippen LogP contribution in [0.1, 0.15) is 48.2 Å². The third-order valence-electron chi connectivity index (χ3n) is 7.45. The molecule has 43 heavy (non-hydrogen) atoms. The number of carbonyl (C=O) groups is 2. The van der Waals surface area contributed by atoms with Crippen molar-refractivity contribution in [2.24, 2.45) is 0 Å². The minimum absolute atomic E-state index is 0.0440. The van der Waals surface area contributed by atoms with Gasteiger partial charge >= 0.3 is 6.18 Å². The summed E-state index contributed by atoms with van der Waals surface area (Å²) in [7, 11) is 0. The molecule has 1 aliphatic heterocycles. The van der Waals surface area contributed by atoms with Crippen molar-refractivity contribution in [2.75, 3.05) is 26.2 Å². The van der Waals surface area contributed by atoms with Crippen molar-refractivity contribution in [3.05, 3.63) is 74.9 Å². The van der Waals surface area contributed by atoms with Gasteiger partial charge in [0.05, 0.1) is 22.7 Å². The van der Waals surface area contributed by atoms with Crippen molar-refractivity contribution in [1.29, 1.82) is 0 Å². The number of nitrogens with one attached hydrogen (secondary N) is 3. The second kappa shape index (κ2) is 14.5. The summed E-state index contributed by atoms with van der Waals surface area (Å²) in [6.07, 6.45) is -3.69. The molecule has 2 amide bonds. The average molecular weight is 660 g/mol. The number of unbranched alkanes of at least 4 members (excludes halogenated alkanes) is 1. The molecule has 2 aromatic carbocycles. The molecule has 0 aliphatic carbocycles. The minimum atomic E-state index is -4.39. The van der Waals surface area contributed by atoms with Crippen LogP contribution >= 0.6 is 34.8 Å². The number of piperidine rings is 1. The van der Waals surface area contributed by atoms with Crippen LogP contribution in [-0.4, -0.2) is 59.4 Å². The van der Waals surface area contributed by atoms with E-state index in [1.165, 1.54) is 0 Å². The molecule has 0 atom stereocenters. The van der Waals surface area contributed by atoms with Crippen LogP contribution in [0.5, 0.6) is 0 Å². The third kappa shape index (κ3) is 8.32. The van der Waals surface area contributed by atoms with Gasteiger partial charge < -0.3 is 20.3 Å². The summed E-state index contributed by atoms with van der Waals surface area (Å²) in [4.78, 5) is 27.5. The number of hydrogen-bond donors (Lipinski definition) is 4. The van der Waals surface area contributed by atoms with Crippen molar-refractivity contribution in [1.82, 2.24) is 20.5 Å². The number of nitrogens with zero attached hydrogens (tertiary/aromatic N) is 1. The van der Waals surface area contributed by atoms with E-state index in [4.69, 9.17) is 34.8 Å². The van der Waals surface area contributed by atoms with E-state index in [0.717, 1.165) is 0 Å². The molecule has 2 heterocycles. The summed E-state index contributed by atoms with van der Waals surface area (Å²) in [6, 6.07) is 13.6. The van der Waals surface area contributed by atoms with Gasteiger partial charge in [0, 0.05) is 40.1 Å². The van der Waals surface area contributed by atoms with Gasteiger partial charge in [-0.05, 0) is 93.7 Å². The highest BCUT2D eigenvalue weighted by Crippen LogP contribution is 2.36. The standard InChI is InChI=1S/C30H32Cl3F3N4O3/c31-19-4-7-21(8-5-19)40-25(3-1-2-16-41)23(18-26(40)22-9-6-20(32)17-24(22)33)27(42)39-28(43)29(10-13-37-14-11-29)38-15-12-30(34,35)36/h4-9,17-18,37-38,41H,1-3,10-16H2,(H,39,42,43). The van der Waals surface area contributed by atoms with Gasteiger partial charge in [-0.15, -0.1) is 0 Å². The zero-order valence-electron chi connectivity index (χ0n) is 23.2. The lowest BCUT2D eigenvalue weighted by atomic mass is 9.87. The molecule has 1 aliphatic rings. The Labute approximate surface area is 262 Å². The highest BCUT2D eigenvalue weighted by Gasteiger charge is 2.41. The number of rotatable bonds is 11. The number of aliphatic hydroxyl groups is 1. The Morgan fingerprint density at radius 3 is 2.28 bits per heavy atom. The molecule has 7 nitrogen and oxygen atoms in total. The van der Waals surface area contributed by atoms with Crippen LogP contribution in [0.4, 0.5) is 13.2 Å². The van der Waals surface area contributed by atoms with Crippen LogP contribution < -0.4 is 16.0 Å². The molecule has 232 valence electrons. The number of halogens is 6. The quantitative estimate of drug-likeness (QED) is 0.142. The predicted molar refractivity (Wildman–Crippen MR) is 162 cm³/mol. The molecule has 0 saturated carbocycles. The molecule has 0 spiro atoms. The molecular weight excluding hydrogens is 628 g/mol. The molecule has 1 fully saturated rings. The molecular formula is C30H32Cl3F3N4O3. The van der Waals surface area contributed by atoms with Gasteiger partial charge in [-0.25, -0.2) is 0 Å². The Kier molecular flexibility index (Phi) is 11.2. The fraction of sp³-hybridized carbons (Fsp3) is 0.400. The fourth-order valence-corrected chi connectivity index (χ4v) is 5.88. The molecule has 0 bridgehead atoms. The number of benzene rings is 2. The summed E-state index contributed by atoms with van der Waals surface area (Å²) >= 11 is 18.9. The third-order valence-corrected chi connectivity index (χ3v) is 8.25. The van der Waals surface area contributed by atoms with Crippen LogP contribution in [0, 0.1) is 0 Å². The van der Waals surface area contributed by atoms with E-state index in [1.54, 1.807) is 48.5 Å². The molecule has 1 saturated heterocycles. The molecule has 4 rings (SSSR count). The number of hydrogen-bond acceptors (Lipinski definition) is 5. The Bertz CT molecular complexity index is 1440. The van der Waals surface area contributed by atoms with E-state index in [1.807, 2.05) is 4.57 Å². The Balaban J connectivity index is 1.76. The van der Waals surface area contributed by atoms with E-state index < -0.39 is 36.5 Å². The van der Waals surface area contributed by atoms with Crippen LogP contribution in [0.2, 0.25) is 15.1 Å². The second-order valence-electron chi connectivity index (χ2n) is 10.4. The first kappa shape index (κ1) is 33.3. The Hall–Kier alpha value is -2.60. The maximum atomic E-state index is 13.9. The first-order valence-electron chi connectivity index (χ1n) is 13.9. The molecule has 3 aromatic rings. The number of carbonyl (C=O) groups excluding carboxylic acids is 2. The minimum Gasteiger partial charge on any atom is -0.396 e. The molecule has 0 unspecified atom stereocenters. The summed E-state index contributed by atoms with van der Waals surface area (Å²) in [5, 5.41) is 19.1. The largest absolute Gasteiger partial charge is 0.396 e. The molecule has 4 N–H and O–H groups in total. The van der Waals surface area contributed by atoms with Crippen molar-refractivity contribution >= 4 is 46.6 Å². The smallest absolute Gasteiger partial charge is 0.390 e. The summed E-state index contributed by atoms with van der Waals surface area (Å²) in [5.74, 6) is -1.38. The molecule has 0 radical (unpaired) electrons. The fourth-order valence-electron chi connectivity index (χ4n) is 5.25. The van der Waals surface area contributed by atoms with Crippen molar-refractivity contribution in [3.8, 4) is 16.9 Å². The van der Waals surface area contributed by atoms with Crippen molar-refractivity contribution in [3.63, 3.8) is 0 Å². The van der Waals surface area contributed by atoms with Gasteiger partial charge in [0.1, 0.15) is 5.54 Å². The predicted octanol–water partition coefficient (Wildman–Crippen LogP) is 6.34. The second-order valence-corrected chi connectivity index (χ2v) is 11.7. The lowest BCUT2D eigenvalue weighted by Gasteiger charge is -2.37. The maximum Gasteiger partial charge on any atom is 0.390 e. The number of imide groups is 1. The van der Waals surface area contributed by atoms with Crippen LogP contribution in [-0.2, 0) is 11.2 Å². The zero-order chi connectivity index (χ0) is 31.2. The van der Waals surface area contributed by atoms with Crippen molar-refractivity contribution < 1.29 is 27.9 Å². The lowest BCUT2D eigenvalue weighted by molar-refractivity contribution is -0.137. The van der Waals surface area contributed by atoms with E-state index in [0.29, 0.717) is 70.1 Å². The number of aliphatic hydroxyl groups excluding tert-OH is 1.